The summed E-state index contributed by atoms with van der Waals surface area (Å²) in [6.07, 6.45) is 0.614. The van der Waals surface area contributed by atoms with Crippen molar-refractivity contribution in [2.45, 2.75) is 19.3 Å². The Kier molecular flexibility index (Phi) is 6.99. The summed E-state index contributed by atoms with van der Waals surface area (Å²) in [6.45, 7) is 3.46. The van der Waals surface area contributed by atoms with Gasteiger partial charge in [-0.3, -0.25) is 9.59 Å². The van der Waals surface area contributed by atoms with E-state index in [1.807, 2.05) is 24.3 Å². The van der Waals surface area contributed by atoms with E-state index in [4.69, 9.17) is 4.74 Å². The second-order valence-corrected chi connectivity index (χ2v) is 7.50. The maximum Gasteiger partial charge on any atom is 0.253 e. The number of hydrogen-bond donors (Lipinski definition) is 1. The Hall–Kier alpha value is -2.73. The highest BCUT2D eigenvalue weighted by molar-refractivity contribution is 5.94. The van der Waals surface area contributed by atoms with Gasteiger partial charge in [0, 0.05) is 38.2 Å². The molecule has 2 amide bonds. The summed E-state index contributed by atoms with van der Waals surface area (Å²) in [7, 11) is 1.58. The number of carbonyl (C=O) groups excluding carboxylic acids is 2. The van der Waals surface area contributed by atoms with Gasteiger partial charge in [-0.25, -0.2) is 4.39 Å². The van der Waals surface area contributed by atoms with Crippen LogP contribution in [0.25, 0.3) is 0 Å². The number of nitrogens with zero attached hydrogens (tertiary/aromatic N) is 1. The van der Waals surface area contributed by atoms with Crippen molar-refractivity contribution >= 4 is 11.8 Å². The zero-order chi connectivity index (χ0) is 20.8. The van der Waals surface area contributed by atoms with Gasteiger partial charge in [0.05, 0.1) is 12.5 Å². The second-order valence-electron chi connectivity index (χ2n) is 7.50. The number of ether oxygens (including phenoxy) is 1. The Balaban J connectivity index is 1.83. The van der Waals surface area contributed by atoms with Crippen LogP contribution in [0.3, 0.4) is 0 Å². The van der Waals surface area contributed by atoms with E-state index >= 15 is 0 Å². The molecule has 5 nitrogen and oxygen atoms in total. The van der Waals surface area contributed by atoms with E-state index in [2.05, 4.69) is 5.32 Å². The highest BCUT2D eigenvalue weighted by atomic mass is 19.1. The molecule has 0 bridgehead atoms. The SMILES string of the molecule is COCCNC(=O)[C@H]1C[C@@H](c2ccc(F)c(C)c2)CN(C(=O)c2ccccc2)C1. The monoisotopic (exact) mass is 398 g/mol. The van der Waals surface area contributed by atoms with E-state index in [1.54, 1.807) is 37.1 Å². The first-order chi connectivity index (χ1) is 14.0. The van der Waals surface area contributed by atoms with E-state index in [0.717, 1.165) is 5.56 Å². The van der Waals surface area contributed by atoms with Crippen LogP contribution in [-0.4, -0.2) is 50.1 Å². The van der Waals surface area contributed by atoms with Crippen molar-refractivity contribution in [2.75, 3.05) is 33.4 Å². The van der Waals surface area contributed by atoms with Crippen LogP contribution in [0.2, 0.25) is 0 Å². The predicted octanol–water partition coefficient (Wildman–Crippen LogP) is 3.14. The molecule has 2 atom stereocenters. The summed E-state index contributed by atoms with van der Waals surface area (Å²) in [5.74, 6) is -0.798. The van der Waals surface area contributed by atoms with Gasteiger partial charge in [-0.2, -0.15) is 0 Å². The Morgan fingerprint density at radius 2 is 1.93 bits per heavy atom. The standard InChI is InChI=1S/C23H27FN2O3/c1-16-12-18(8-9-21(16)24)19-13-20(22(27)25-10-11-29-2)15-26(14-19)23(28)17-6-4-3-5-7-17/h3-9,12,19-20H,10-11,13-15H2,1-2H3,(H,25,27)/t19-,20+/m1/s1. The molecular formula is C23H27FN2O3. The molecule has 0 saturated carbocycles. The molecular weight excluding hydrogens is 371 g/mol. The molecule has 3 rings (SSSR count). The van der Waals surface area contributed by atoms with Gasteiger partial charge < -0.3 is 15.0 Å². The largest absolute Gasteiger partial charge is 0.383 e. The second kappa shape index (κ2) is 9.65. The van der Waals surface area contributed by atoms with Gasteiger partial charge in [0.15, 0.2) is 0 Å². The lowest BCUT2D eigenvalue weighted by atomic mass is 9.83. The van der Waals surface area contributed by atoms with E-state index in [1.165, 1.54) is 6.07 Å². The number of piperidine rings is 1. The first kappa shape index (κ1) is 21.0. The Morgan fingerprint density at radius 1 is 1.17 bits per heavy atom. The average Bonchev–Trinajstić information content (AvgIpc) is 2.75. The zero-order valence-electron chi connectivity index (χ0n) is 16.9. The molecule has 0 radical (unpaired) electrons. The molecule has 1 saturated heterocycles. The Morgan fingerprint density at radius 3 is 2.62 bits per heavy atom. The minimum Gasteiger partial charge on any atom is -0.383 e. The summed E-state index contributed by atoms with van der Waals surface area (Å²) < 4.78 is 18.7. The number of carbonyl (C=O) groups is 2. The predicted molar refractivity (Wildman–Crippen MR) is 109 cm³/mol. The third kappa shape index (κ3) is 5.21. The van der Waals surface area contributed by atoms with Crippen molar-refractivity contribution in [3.8, 4) is 0 Å². The van der Waals surface area contributed by atoms with Crippen molar-refractivity contribution in [1.82, 2.24) is 10.2 Å². The molecule has 154 valence electrons. The number of likely N-dealkylation sites (tertiary alicyclic amines) is 1. The molecule has 2 aromatic rings. The van der Waals surface area contributed by atoms with Gasteiger partial charge >= 0.3 is 0 Å². The van der Waals surface area contributed by atoms with E-state index in [0.29, 0.717) is 43.8 Å². The third-order valence-electron chi connectivity index (χ3n) is 5.39. The van der Waals surface area contributed by atoms with Crippen molar-refractivity contribution in [1.29, 1.82) is 0 Å². The summed E-state index contributed by atoms with van der Waals surface area (Å²) in [5.41, 5.74) is 2.11. The van der Waals surface area contributed by atoms with Crippen LogP contribution in [0.1, 0.15) is 33.8 Å². The van der Waals surface area contributed by atoms with E-state index in [9.17, 15) is 14.0 Å². The normalized spacial score (nSPS) is 19.1. The van der Waals surface area contributed by atoms with Crippen LogP contribution in [-0.2, 0) is 9.53 Å². The van der Waals surface area contributed by atoms with Crippen LogP contribution in [0.15, 0.2) is 48.5 Å². The molecule has 1 fully saturated rings. The first-order valence-electron chi connectivity index (χ1n) is 9.86. The highest BCUT2D eigenvalue weighted by Gasteiger charge is 2.34. The van der Waals surface area contributed by atoms with E-state index in [-0.39, 0.29) is 29.5 Å². The fourth-order valence-corrected chi connectivity index (χ4v) is 3.80. The number of methoxy groups -OCH3 is 1. The quantitative estimate of drug-likeness (QED) is 0.761. The highest BCUT2D eigenvalue weighted by Crippen LogP contribution is 2.32. The molecule has 29 heavy (non-hydrogen) atoms. The van der Waals surface area contributed by atoms with Gasteiger partial charge in [-0.15, -0.1) is 0 Å². The van der Waals surface area contributed by atoms with Crippen molar-refractivity contribution in [2.24, 2.45) is 5.92 Å². The van der Waals surface area contributed by atoms with Crippen LogP contribution in [0.5, 0.6) is 0 Å². The Labute approximate surface area is 170 Å². The number of rotatable bonds is 6. The topological polar surface area (TPSA) is 58.6 Å². The van der Waals surface area contributed by atoms with Crippen molar-refractivity contribution in [3.05, 3.63) is 71.0 Å². The van der Waals surface area contributed by atoms with Gasteiger partial charge in [-0.05, 0) is 42.7 Å². The maximum atomic E-state index is 13.7. The van der Waals surface area contributed by atoms with Crippen LogP contribution < -0.4 is 5.32 Å². The fourth-order valence-electron chi connectivity index (χ4n) is 3.80. The maximum absolute atomic E-state index is 13.7. The lowest BCUT2D eigenvalue weighted by Gasteiger charge is -2.37. The molecule has 1 aliphatic heterocycles. The average molecular weight is 398 g/mol. The number of aryl methyl sites for hydroxylation is 1. The minimum absolute atomic E-state index is 0.0334. The third-order valence-corrected chi connectivity index (χ3v) is 5.39. The van der Waals surface area contributed by atoms with Crippen LogP contribution in [0.4, 0.5) is 4.39 Å². The van der Waals surface area contributed by atoms with E-state index < -0.39 is 0 Å². The molecule has 0 unspecified atom stereocenters. The van der Waals surface area contributed by atoms with Gasteiger partial charge in [-0.1, -0.05) is 30.3 Å². The zero-order valence-corrected chi connectivity index (χ0v) is 16.9. The smallest absolute Gasteiger partial charge is 0.253 e. The number of halogens is 1. The molecule has 6 heteroatoms. The van der Waals surface area contributed by atoms with Gasteiger partial charge in [0.25, 0.3) is 5.91 Å². The number of benzene rings is 2. The van der Waals surface area contributed by atoms with Crippen molar-refractivity contribution in [3.63, 3.8) is 0 Å². The molecule has 1 aliphatic rings. The van der Waals surface area contributed by atoms with Gasteiger partial charge in [0.1, 0.15) is 5.82 Å². The molecule has 0 spiro atoms. The lowest BCUT2D eigenvalue weighted by molar-refractivity contribution is -0.126. The van der Waals surface area contributed by atoms with Crippen LogP contribution >= 0.6 is 0 Å². The lowest BCUT2D eigenvalue weighted by Crippen LogP contribution is -2.48. The summed E-state index contributed by atoms with van der Waals surface area (Å²) in [4.78, 5) is 27.5. The summed E-state index contributed by atoms with van der Waals surface area (Å²) >= 11 is 0. The summed E-state index contributed by atoms with van der Waals surface area (Å²) in [6, 6.07) is 14.1. The van der Waals surface area contributed by atoms with Crippen LogP contribution in [0, 0.1) is 18.7 Å². The number of amides is 2. The molecule has 1 heterocycles. The van der Waals surface area contributed by atoms with Gasteiger partial charge in [0.2, 0.25) is 5.91 Å². The summed E-state index contributed by atoms with van der Waals surface area (Å²) in [5, 5.41) is 2.88. The molecule has 0 aliphatic carbocycles. The Bertz CT molecular complexity index is 856. The molecule has 2 aromatic carbocycles. The number of hydrogen-bond acceptors (Lipinski definition) is 3. The number of nitrogens with one attached hydrogen (secondary N) is 1. The fraction of sp³-hybridized carbons (Fsp3) is 0.391. The first-order valence-corrected chi connectivity index (χ1v) is 9.86. The minimum atomic E-state index is -0.330. The molecule has 1 N–H and O–H groups in total. The van der Waals surface area contributed by atoms with Crippen molar-refractivity contribution < 1.29 is 18.7 Å². The molecule has 0 aromatic heterocycles.